The van der Waals surface area contributed by atoms with Crippen LogP contribution in [0.5, 0.6) is 0 Å². The maximum absolute atomic E-state index is 12.7. The smallest absolute Gasteiger partial charge is 0.261 e. The van der Waals surface area contributed by atoms with Crippen LogP contribution in [0, 0.1) is 0 Å². The number of hydrogen-bond donors (Lipinski definition) is 1. The number of nitrogens with zero attached hydrogens (tertiary/aromatic N) is 1. The molecule has 5 nitrogen and oxygen atoms in total. The van der Waals surface area contributed by atoms with Crippen molar-refractivity contribution >= 4 is 52.2 Å². The second-order valence-corrected chi connectivity index (χ2v) is 7.65. The summed E-state index contributed by atoms with van der Waals surface area (Å²) < 4.78 is 0. The van der Waals surface area contributed by atoms with Crippen molar-refractivity contribution in [3.05, 3.63) is 93.5 Å². The van der Waals surface area contributed by atoms with Crippen molar-refractivity contribution in [3.63, 3.8) is 0 Å². The van der Waals surface area contributed by atoms with Crippen molar-refractivity contribution in [3.8, 4) is 0 Å². The van der Waals surface area contributed by atoms with E-state index in [1.807, 2.05) is 18.2 Å². The van der Waals surface area contributed by atoms with Crippen LogP contribution in [0.15, 0.2) is 66.7 Å². The predicted octanol–water partition coefficient (Wildman–Crippen LogP) is 5.14. The Bertz CT molecular complexity index is 1120. The average molecular weight is 439 g/mol. The van der Waals surface area contributed by atoms with Gasteiger partial charge >= 0.3 is 0 Å². The van der Waals surface area contributed by atoms with Gasteiger partial charge in [0.2, 0.25) is 0 Å². The standard InChI is InChI=1S/C23H16Cl2N2O3/c24-18-9-5-10-19(25)21(18)26-20-11-4-1-6-14(20)12-15(28)13-27-22(29)16-7-2-3-8-17(16)23(27)30/h1-11,26H,12-13H2. The van der Waals surface area contributed by atoms with Crippen LogP contribution in [0.25, 0.3) is 0 Å². The Kier molecular flexibility index (Phi) is 5.57. The first kappa shape index (κ1) is 20.1. The number of Topliss-reactive ketones (excluding diaryl/α,β-unsaturated/α-hetero) is 1. The van der Waals surface area contributed by atoms with Gasteiger partial charge in [0.25, 0.3) is 11.8 Å². The first-order valence-corrected chi connectivity index (χ1v) is 9.97. The highest BCUT2D eigenvalue weighted by Gasteiger charge is 2.36. The number of rotatable bonds is 6. The van der Waals surface area contributed by atoms with Crippen LogP contribution in [0.3, 0.4) is 0 Å². The Morgan fingerprint density at radius 3 is 2.00 bits per heavy atom. The minimum atomic E-state index is -0.446. The number of amides is 2. The van der Waals surface area contributed by atoms with Crippen LogP contribution in [0.4, 0.5) is 11.4 Å². The summed E-state index contributed by atoms with van der Waals surface area (Å²) in [6, 6.07) is 19.0. The summed E-state index contributed by atoms with van der Waals surface area (Å²) in [6.07, 6.45) is 0.0403. The monoisotopic (exact) mass is 438 g/mol. The van der Waals surface area contributed by atoms with Gasteiger partial charge in [-0.25, -0.2) is 0 Å². The van der Waals surface area contributed by atoms with E-state index < -0.39 is 11.8 Å². The molecule has 0 bridgehead atoms. The van der Waals surface area contributed by atoms with E-state index in [1.54, 1.807) is 48.5 Å². The SMILES string of the molecule is O=C(Cc1ccccc1Nc1c(Cl)cccc1Cl)CN1C(=O)c2ccccc2C1=O. The van der Waals surface area contributed by atoms with Crippen LogP contribution in [0.1, 0.15) is 26.3 Å². The lowest BCUT2D eigenvalue weighted by Gasteiger charge is -2.16. The molecule has 0 saturated heterocycles. The third-order valence-corrected chi connectivity index (χ3v) is 5.47. The summed E-state index contributed by atoms with van der Waals surface area (Å²) in [4.78, 5) is 38.7. The highest BCUT2D eigenvalue weighted by molar-refractivity contribution is 6.39. The fourth-order valence-corrected chi connectivity index (χ4v) is 3.87. The molecule has 0 fully saturated rings. The molecule has 3 aromatic carbocycles. The maximum atomic E-state index is 12.7. The highest BCUT2D eigenvalue weighted by atomic mass is 35.5. The molecule has 0 saturated carbocycles. The number of fused-ring (bicyclic) bond motifs is 1. The summed E-state index contributed by atoms with van der Waals surface area (Å²) in [7, 11) is 0. The largest absolute Gasteiger partial charge is 0.353 e. The molecule has 2 amide bonds. The van der Waals surface area contributed by atoms with Gasteiger partial charge in [0.05, 0.1) is 33.4 Å². The van der Waals surface area contributed by atoms with Gasteiger partial charge in [0, 0.05) is 12.1 Å². The first-order valence-electron chi connectivity index (χ1n) is 9.21. The van der Waals surface area contributed by atoms with Crippen molar-refractivity contribution in [2.45, 2.75) is 6.42 Å². The molecule has 1 aliphatic rings. The van der Waals surface area contributed by atoms with Crippen LogP contribution in [-0.2, 0) is 11.2 Å². The second kappa shape index (κ2) is 8.30. The first-order chi connectivity index (χ1) is 14.5. The Morgan fingerprint density at radius 2 is 1.37 bits per heavy atom. The third kappa shape index (κ3) is 3.82. The normalized spacial score (nSPS) is 12.8. The van der Waals surface area contributed by atoms with Gasteiger partial charge in [-0.3, -0.25) is 19.3 Å². The molecule has 30 heavy (non-hydrogen) atoms. The maximum Gasteiger partial charge on any atom is 0.261 e. The molecular weight excluding hydrogens is 423 g/mol. The van der Waals surface area contributed by atoms with Crippen LogP contribution in [0.2, 0.25) is 10.0 Å². The molecule has 7 heteroatoms. The van der Waals surface area contributed by atoms with E-state index >= 15 is 0 Å². The Hall–Kier alpha value is -3.15. The number of imide groups is 1. The Balaban J connectivity index is 1.51. The van der Waals surface area contributed by atoms with Crippen molar-refractivity contribution in [2.75, 3.05) is 11.9 Å². The van der Waals surface area contributed by atoms with E-state index in [0.29, 0.717) is 38.1 Å². The summed E-state index contributed by atoms with van der Waals surface area (Å²) >= 11 is 12.5. The van der Waals surface area contributed by atoms with E-state index in [-0.39, 0.29) is 18.7 Å². The van der Waals surface area contributed by atoms with Gasteiger partial charge in [-0.05, 0) is 35.9 Å². The van der Waals surface area contributed by atoms with E-state index in [4.69, 9.17) is 23.2 Å². The number of benzene rings is 3. The number of hydrogen-bond acceptors (Lipinski definition) is 4. The summed E-state index contributed by atoms with van der Waals surface area (Å²) in [6.45, 7) is -0.284. The Labute approximate surface area is 183 Å². The van der Waals surface area contributed by atoms with Gasteiger partial charge in [-0.1, -0.05) is 59.6 Å². The number of carbonyl (C=O) groups is 3. The lowest BCUT2D eigenvalue weighted by molar-refractivity contribution is -0.118. The molecule has 4 rings (SSSR count). The number of carbonyl (C=O) groups excluding carboxylic acids is 3. The van der Waals surface area contributed by atoms with Crippen molar-refractivity contribution in [1.29, 1.82) is 0 Å². The highest BCUT2D eigenvalue weighted by Crippen LogP contribution is 2.33. The molecule has 0 spiro atoms. The summed E-state index contributed by atoms with van der Waals surface area (Å²) in [5.74, 6) is -1.15. The van der Waals surface area contributed by atoms with Crippen LogP contribution < -0.4 is 5.32 Å². The quantitative estimate of drug-likeness (QED) is 0.540. The van der Waals surface area contributed by atoms with Gasteiger partial charge in [-0.2, -0.15) is 0 Å². The minimum absolute atomic E-state index is 0.0403. The molecule has 0 radical (unpaired) electrons. The fourth-order valence-electron chi connectivity index (χ4n) is 3.38. The third-order valence-electron chi connectivity index (χ3n) is 4.84. The lowest BCUT2D eigenvalue weighted by Crippen LogP contribution is -2.35. The zero-order valence-electron chi connectivity index (χ0n) is 15.7. The molecule has 1 aliphatic heterocycles. The number of halogens is 2. The van der Waals surface area contributed by atoms with Gasteiger partial charge in [-0.15, -0.1) is 0 Å². The molecule has 0 aromatic heterocycles. The molecular formula is C23H16Cl2N2O3. The second-order valence-electron chi connectivity index (χ2n) is 6.84. The minimum Gasteiger partial charge on any atom is -0.353 e. The molecule has 0 atom stereocenters. The molecule has 3 aromatic rings. The topological polar surface area (TPSA) is 66.5 Å². The van der Waals surface area contributed by atoms with E-state index in [9.17, 15) is 14.4 Å². The van der Waals surface area contributed by atoms with Crippen molar-refractivity contribution in [1.82, 2.24) is 4.90 Å². The summed E-state index contributed by atoms with van der Waals surface area (Å²) in [5, 5.41) is 4.08. The van der Waals surface area contributed by atoms with Crippen molar-refractivity contribution < 1.29 is 14.4 Å². The zero-order chi connectivity index (χ0) is 21.3. The molecule has 0 unspecified atom stereocenters. The average Bonchev–Trinajstić information content (AvgIpc) is 2.97. The van der Waals surface area contributed by atoms with Crippen molar-refractivity contribution in [2.24, 2.45) is 0 Å². The summed E-state index contributed by atoms with van der Waals surface area (Å²) in [5.41, 5.74) is 2.57. The predicted molar refractivity (Wildman–Crippen MR) is 117 cm³/mol. The number of nitrogens with one attached hydrogen (secondary N) is 1. The van der Waals surface area contributed by atoms with Crippen LogP contribution in [-0.4, -0.2) is 29.0 Å². The van der Waals surface area contributed by atoms with E-state index in [2.05, 4.69) is 5.32 Å². The lowest BCUT2D eigenvalue weighted by atomic mass is 10.1. The van der Waals surface area contributed by atoms with E-state index in [1.165, 1.54) is 0 Å². The van der Waals surface area contributed by atoms with Gasteiger partial charge in [0.15, 0.2) is 5.78 Å². The molecule has 1 N–H and O–H groups in total. The van der Waals surface area contributed by atoms with Gasteiger partial charge in [0.1, 0.15) is 0 Å². The fraction of sp³-hybridized carbons (Fsp3) is 0.0870. The van der Waals surface area contributed by atoms with E-state index in [0.717, 1.165) is 4.90 Å². The number of anilines is 2. The molecule has 1 heterocycles. The number of para-hydroxylation sites is 2. The molecule has 0 aliphatic carbocycles. The Morgan fingerprint density at radius 1 is 0.800 bits per heavy atom. The van der Waals surface area contributed by atoms with Gasteiger partial charge < -0.3 is 5.32 Å². The van der Waals surface area contributed by atoms with Crippen LogP contribution >= 0.6 is 23.2 Å². The molecule has 150 valence electrons. The zero-order valence-corrected chi connectivity index (χ0v) is 17.2. The number of ketones is 1.